The van der Waals surface area contributed by atoms with Gasteiger partial charge in [0.15, 0.2) is 0 Å². The molecule has 1 aromatic carbocycles. The Morgan fingerprint density at radius 2 is 2.12 bits per heavy atom. The molecule has 2 N–H and O–H groups in total. The van der Waals surface area contributed by atoms with Crippen LogP contribution in [0.25, 0.3) is 10.9 Å². The second-order valence-electron chi connectivity index (χ2n) is 4.73. The van der Waals surface area contributed by atoms with Crippen LogP contribution in [-0.2, 0) is 10.2 Å². The van der Waals surface area contributed by atoms with Crippen molar-refractivity contribution in [3.63, 3.8) is 0 Å². The molecule has 84 valence electrons. The number of benzene rings is 1. The summed E-state index contributed by atoms with van der Waals surface area (Å²) in [5.74, 6) is -0.767. The SMILES string of the molecule is CC(C)(CC(=O)O)c1ccc2cc[nH]c2c1. The van der Waals surface area contributed by atoms with E-state index in [2.05, 4.69) is 4.98 Å². The molecule has 0 atom stereocenters. The maximum Gasteiger partial charge on any atom is 0.304 e. The maximum absolute atomic E-state index is 10.8. The molecule has 1 heterocycles. The van der Waals surface area contributed by atoms with Gasteiger partial charge in [0.2, 0.25) is 0 Å². The van der Waals surface area contributed by atoms with Crippen LogP contribution in [0.3, 0.4) is 0 Å². The monoisotopic (exact) mass is 217 g/mol. The van der Waals surface area contributed by atoms with Crippen molar-refractivity contribution < 1.29 is 9.90 Å². The molecule has 0 fully saturated rings. The number of aromatic nitrogens is 1. The van der Waals surface area contributed by atoms with Crippen molar-refractivity contribution in [1.82, 2.24) is 4.98 Å². The van der Waals surface area contributed by atoms with Gasteiger partial charge < -0.3 is 10.1 Å². The van der Waals surface area contributed by atoms with Crippen molar-refractivity contribution in [2.75, 3.05) is 0 Å². The summed E-state index contributed by atoms with van der Waals surface area (Å²) >= 11 is 0. The predicted octanol–water partition coefficient (Wildman–Crippen LogP) is 2.92. The van der Waals surface area contributed by atoms with Crippen LogP contribution in [0.4, 0.5) is 0 Å². The zero-order chi connectivity index (χ0) is 11.8. The number of hydrogen-bond donors (Lipinski definition) is 2. The second-order valence-corrected chi connectivity index (χ2v) is 4.73. The van der Waals surface area contributed by atoms with Gasteiger partial charge in [0.25, 0.3) is 0 Å². The predicted molar refractivity (Wildman–Crippen MR) is 63.6 cm³/mol. The number of rotatable bonds is 3. The molecule has 0 radical (unpaired) electrons. The van der Waals surface area contributed by atoms with Crippen molar-refractivity contribution in [2.45, 2.75) is 25.7 Å². The Kier molecular flexibility index (Phi) is 2.46. The summed E-state index contributed by atoms with van der Waals surface area (Å²) in [6.45, 7) is 3.90. The molecular weight excluding hydrogens is 202 g/mol. The summed E-state index contributed by atoms with van der Waals surface area (Å²) in [5.41, 5.74) is 1.76. The average Bonchev–Trinajstić information content (AvgIpc) is 2.61. The van der Waals surface area contributed by atoms with Crippen LogP contribution >= 0.6 is 0 Å². The molecule has 3 heteroatoms. The first-order chi connectivity index (χ1) is 7.49. The molecule has 0 aliphatic rings. The number of nitrogens with one attached hydrogen (secondary N) is 1. The summed E-state index contributed by atoms with van der Waals surface area (Å²) < 4.78 is 0. The third-order valence-electron chi connectivity index (χ3n) is 2.93. The molecule has 0 spiro atoms. The van der Waals surface area contributed by atoms with Crippen molar-refractivity contribution in [3.05, 3.63) is 36.0 Å². The third kappa shape index (κ3) is 1.94. The molecule has 0 amide bonds. The lowest BCUT2D eigenvalue weighted by molar-refractivity contribution is -0.138. The van der Waals surface area contributed by atoms with Crippen LogP contribution in [0, 0.1) is 0 Å². The normalized spacial score (nSPS) is 11.9. The molecule has 0 saturated heterocycles. The minimum Gasteiger partial charge on any atom is -0.481 e. The van der Waals surface area contributed by atoms with Gasteiger partial charge in [0.1, 0.15) is 0 Å². The Morgan fingerprint density at radius 3 is 2.81 bits per heavy atom. The number of carbonyl (C=O) groups is 1. The van der Waals surface area contributed by atoms with Crippen molar-refractivity contribution in [2.24, 2.45) is 0 Å². The average molecular weight is 217 g/mol. The van der Waals surface area contributed by atoms with E-state index in [0.29, 0.717) is 0 Å². The van der Waals surface area contributed by atoms with Crippen LogP contribution in [0.15, 0.2) is 30.5 Å². The minimum atomic E-state index is -0.767. The molecule has 0 unspecified atom stereocenters. The van der Waals surface area contributed by atoms with Crippen molar-refractivity contribution >= 4 is 16.9 Å². The zero-order valence-corrected chi connectivity index (χ0v) is 9.45. The molecule has 0 bridgehead atoms. The van der Waals surface area contributed by atoms with E-state index in [4.69, 9.17) is 5.11 Å². The first-order valence-electron chi connectivity index (χ1n) is 5.28. The van der Waals surface area contributed by atoms with Gasteiger partial charge in [-0.3, -0.25) is 4.79 Å². The lowest BCUT2D eigenvalue weighted by Crippen LogP contribution is -2.21. The lowest BCUT2D eigenvalue weighted by atomic mass is 9.81. The van der Waals surface area contributed by atoms with Gasteiger partial charge in [-0.25, -0.2) is 0 Å². The van der Waals surface area contributed by atoms with E-state index in [-0.39, 0.29) is 11.8 Å². The maximum atomic E-state index is 10.8. The fourth-order valence-electron chi connectivity index (χ4n) is 1.95. The summed E-state index contributed by atoms with van der Waals surface area (Å²) in [7, 11) is 0. The molecule has 1 aromatic heterocycles. The van der Waals surface area contributed by atoms with E-state index in [1.807, 2.05) is 44.3 Å². The highest BCUT2D eigenvalue weighted by molar-refractivity contribution is 5.80. The number of H-pyrrole nitrogens is 1. The van der Waals surface area contributed by atoms with Crippen LogP contribution in [-0.4, -0.2) is 16.1 Å². The zero-order valence-electron chi connectivity index (χ0n) is 9.45. The first-order valence-corrected chi connectivity index (χ1v) is 5.28. The Bertz CT molecular complexity index is 525. The van der Waals surface area contributed by atoms with Gasteiger partial charge in [-0.2, -0.15) is 0 Å². The lowest BCUT2D eigenvalue weighted by Gasteiger charge is -2.23. The summed E-state index contributed by atoms with van der Waals surface area (Å²) in [6, 6.07) is 8.05. The van der Waals surface area contributed by atoms with Gasteiger partial charge in [0, 0.05) is 17.1 Å². The highest BCUT2D eigenvalue weighted by Gasteiger charge is 2.24. The van der Waals surface area contributed by atoms with Crippen LogP contribution in [0.1, 0.15) is 25.8 Å². The van der Waals surface area contributed by atoms with Gasteiger partial charge in [-0.1, -0.05) is 26.0 Å². The second kappa shape index (κ2) is 3.67. The number of hydrogen-bond acceptors (Lipinski definition) is 1. The molecule has 0 aliphatic heterocycles. The molecule has 3 nitrogen and oxygen atoms in total. The fraction of sp³-hybridized carbons (Fsp3) is 0.308. The standard InChI is InChI=1S/C13H15NO2/c1-13(2,8-12(15)16)10-4-3-9-5-6-14-11(9)7-10/h3-7,14H,8H2,1-2H3,(H,15,16). The molecule has 0 aliphatic carbocycles. The topological polar surface area (TPSA) is 53.1 Å². The summed E-state index contributed by atoms with van der Waals surface area (Å²) in [4.78, 5) is 13.9. The van der Waals surface area contributed by atoms with Crippen molar-refractivity contribution in [3.8, 4) is 0 Å². The van der Waals surface area contributed by atoms with E-state index in [0.717, 1.165) is 16.5 Å². The minimum absolute atomic E-state index is 0.138. The van der Waals surface area contributed by atoms with E-state index in [1.54, 1.807) is 0 Å². The molecule has 0 saturated carbocycles. The third-order valence-corrected chi connectivity index (χ3v) is 2.93. The number of fused-ring (bicyclic) bond motifs is 1. The smallest absolute Gasteiger partial charge is 0.304 e. The number of aliphatic carboxylic acids is 1. The van der Waals surface area contributed by atoms with Gasteiger partial charge in [-0.05, 0) is 23.1 Å². The molecular formula is C13H15NO2. The Morgan fingerprint density at radius 1 is 1.38 bits per heavy atom. The van der Waals surface area contributed by atoms with Crippen molar-refractivity contribution in [1.29, 1.82) is 0 Å². The number of carboxylic acid groups (broad SMARTS) is 1. The highest BCUT2D eigenvalue weighted by Crippen LogP contribution is 2.29. The number of carboxylic acids is 1. The van der Waals surface area contributed by atoms with Gasteiger partial charge in [-0.15, -0.1) is 0 Å². The highest BCUT2D eigenvalue weighted by atomic mass is 16.4. The van der Waals surface area contributed by atoms with Gasteiger partial charge >= 0.3 is 5.97 Å². The Labute approximate surface area is 94.1 Å². The number of aromatic amines is 1. The van der Waals surface area contributed by atoms with E-state index < -0.39 is 5.97 Å². The van der Waals surface area contributed by atoms with Gasteiger partial charge in [0.05, 0.1) is 6.42 Å². The first kappa shape index (κ1) is 10.7. The quantitative estimate of drug-likeness (QED) is 0.830. The molecule has 2 aromatic rings. The molecule has 16 heavy (non-hydrogen) atoms. The Balaban J connectivity index is 2.41. The van der Waals surface area contributed by atoms with E-state index >= 15 is 0 Å². The molecule has 2 rings (SSSR count). The fourth-order valence-corrected chi connectivity index (χ4v) is 1.95. The largest absolute Gasteiger partial charge is 0.481 e. The van der Waals surface area contributed by atoms with Crippen LogP contribution < -0.4 is 0 Å². The van der Waals surface area contributed by atoms with Crippen LogP contribution in [0.5, 0.6) is 0 Å². The van der Waals surface area contributed by atoms with E-state index in [1.165, 1.54) is 0 Å². The summed E-state index contributed by atoms with van der Waals surface area (Å²) in [5, 5.41) is 10.0. The van der Waals surface area contributed by atoms with Crippen LogP contribution in [0.2, 0.25) is 0 Å². The van der Waals surface area contributed by atoms with E-state index in [9.17, 15) is 4.79 Å². The Hall–Kier alpha value is -1.77. The summed E-state index contributed by atoms with van der Waals surface area (Å²) in [6.07, 6.45) is 2.03.